The molecule has 0 spiro atoms. The van der Waals surface area contributed by atoms with E-state index in [1.807, 2.05) is 13.8 Å². The molecule has 3 nitrogen and oxygen atoms in total. The zero-order chi connectivity index (χ0) is 17.0. The Morgan fingerprint density at radius 2 is 1.83 bits per heavy atom. The van der Waals surface area contributed by atoms with E-state index in [1.165, 1.54) is 25.0 Å². The van der Waals surface area contributed by atoms with Crippen molar-refractivity contribution in [3.8, 4) is 0 Å². The average Bonchev–Trinajstić information content (AvgIpc) is 2.52. The van der Waals surface area contributed by atoms with Crippen LogP contribution in [-0.2, 0) is 4.79 Å². The van der Waals surface area contributed by atoms with Gasteiger partial charge in [0.15, 0.2) is 0 Å². The predicted octanol–water partition coefficient (Wildman–Crippen LogP) is 3.81. The van der Waals surface area contributed by atoms with Gasteiger partial charge in [-0.15, -0.1) is 0 Å². The molecule has 2 N–H and O–H groups in total. The minimum atomic E-state index is -0.261. The van der Waals surface area contributed by atoms with Crippen LogP contribution in [0.5, 0.6) is 0 Å². The normalized spacial score (nSPS) is 27.3. The molecule has 2 rings (SSSR count). The SMILES string of the molecule is CC(NC1CCCC(C)C1C)C(=O)NC(C)c1ccc(F)cc1. The lowest BCUT2D eigenvalue weighted by atomic mass is 9.78. The van der Waals surface area contributed by atoms with Gasteiger partial charge in [-0.05, 0) is 49.8 Å². The summed E-state index contributed by atoms with van der Waals surface area (Å²) < 4.78 is 13.0. The number of carbonyl (C=O) groups is 1. The molecular weight excluding hydrogens is 291 g/mol. The fourth-order valence-corrected chi connectivity index (χ4v) is 3.39. The van der Waals surface area contributed by atoms with Gasteiger partial charge in [0.25, 0.3) is 0 Å². The highest BCUT2D eigenvalue weighted by molar-refractivity contribution is 5.81. The lowest BCUT2D eigenvalue weighted by molar-refractivity contribution is -0.123. The van der Waals surface area contributed by atoms with Crippen molar-refractivity contribution in [2.24, 2.45) is 11.8 Å². The van der Waals surface area contributed by atoms with Crippen molar-refractivity contribution in [3.63, 3.8) is 0 Å². The van der Waals surface area contributed by atoms with E-state index in [0.29, 0.717) is 17.9 Å². The van der Waals surface area contributed by atoms with Crippen LogP contribution < -0.4 is 10.6 Å². The van der Waals surface area contributed by atoms with Gasteiger partial charge in [-0.2, -0.15) is 0 Å². The van der Waals surface area contributed by atoms with Gasteiger partial charge in [-0.3, -0.25) is 4.79 Å². The number of halogens is 1. The maximum Gasteiger partial charge on any atom is 0.237 e. The number of carbonyl (C=O) groups excluding carboxylic acids is 1. The molecule has 5 atom stereocenters. The van der Waals surface area contributed by atoms with Gasteiger partial charge in [0, 0.05) is 6.04 Å². The highest BCUT2D eigenvalue weighted by Crippen LogP contribution is 2.29. The quantitative estimate of drug-likeness (QED) is 0.866. The number of hydrogen-bond donors (Lipinski definition) is 2. The van der Waals surface area contributed by atoms with Gasteiger partial charge >= 0.3 is 0 Å². The number of amides is 1. The molecule has 4 heteroatoms. The van der Waals surface area contributed by atoms with Crippen LogP contribution in [-0.4, -0.2) is 18.0 Å². The molecule has 0 heterocycles. The van der Waals surface area contributed by atoms with Gasteiger partial charge in [-0.1, -0.05) is 38.8 Å². The molecule has 1 amide bonds. The summed E-state index contributed by atoms with van der Waals surface area (Å²) in [5.74, 6) is 1.03. The van der Waals surface area contributed by atoms with Crippen molar-refractivity contribution in [3.05, 3.63) is 35.6 Å². The van der Waals surface area contributed by atoms with Gasteiger partial charge < -0.3 is 10.6 Å². The molecule has 1 saturated carbocycles. The van der Waals surface area contributed by atoms with Gasteiger partial charge in [0.05, 0.1) is 12.1 Å². The summed E-state index contributed by atoms with van der Waals surface area (Å²) in [7, 11) is 0. The molecule has 0 bridgehead atoms. The summed E-state index contributed by atoms with van der Waals surface area (Å²) in [6, 6.07) is 6.31. The van der Waals surface area contributed by atoms with E-state index >= 15 is 0 Å². The number of nitrogens with one attached hydrogen (secondary N) is 2. The van der Waals surface area contributed by atoms with Crippen LogP contribution in [0.3, 0.4) is 0 Å². The monoisotopic (exact) mass is 320 g/mol. The Labute approximate surface area is 139 Å². The van der Waals surface area contributed by atoms with Crippen LogP contribution in [0.1, 0.15) is 58.6 Å². The third kappa shape index (κ3) is 4.77. The molecule has 1 aromatic carbocycles. The second-order valence-electron chi connectivity index (χ2n) is 7.04. The van der Waals surface area contributed by atoms with Crippen molar-refractivity contribution in [2.75, 3.05) is 0 Å². The smallest absolute Gasteiger partial charge is 0.237 e. The standard InChI is InChI=1S/C19H29FN2O/c1-12-6-5-7-18(13(12)2)21-15(4)19(23)22-14(3)16-8-10-17(20)11-9-16/h8-15,18,21H,5-7H2,1-4H3,(H,22,23). The van der Waals surface area contributed by atoms with E-state index in [-0.39, 0.29) is 23.8 Å². The molecule has 1 aliphatic rings. The Morgan fingerprint density at radius 1 is 1.17 bits per heavy atom. The fraction of sp³-hybridized carbons (Fsp3) is 0.632. The number of benzene rings is 1. The Hall–Kier alpha value is -1.42. The third-order valence-electron chi connectivity index (χ3n) is 5.29. The van der Waals surface area contributed by atoms with Crippen LogP contribution in [0.2, 0.25) is 0 Å². The fourth-order valence-electron chi connectivity index (χ4n) is 3.39. The molecule has 0 aliphatic heterocycles. The summed E-state index contributed by atoms with van der Waals surface area (Å²) >= 11 is 0. The number of rotatable bonds is 5. The zero-order valence-corrected chi connectivity index (χ0v) is 14.6. The largest absolute Gasteiger partial charge is 0.348 e. The van der Waals surface area contributed by atoms with E-state index in [1.54, 1.807) is 12.1 Å². The first kappa shape index (κ1) is 17.9. The van der Waals surface area contributed by atoms with Crippen LogP contribution in [0.15, 0.2) is 24.3 Å². The molecule has 0 aromatic heterocycles. The first-order valence-electron chi connectivity index (χ1n) is 8.70. The molecule has 5 unspecified atom stereocenters. The summed E-state index contributed by atoms with van der Waals surface area (Å²) in [5.41, 5.74) is 0.909. The van der Waals surface area contributed by atoms with Crippen molar-refractivity contribution < 1.29 is 9.18 Å². The van der Waals surface area contributed by atoms with Crippen molar-refractivity contribution in [2.45, 2.75) is 65.1 Å². The number of hydrogen-bond acceptors (Lipinski definition) is 2. The van der Waals surface area contributed by atoms with Crippen molar-refractivity contribution >= 4 is 5.91 Å². The molecule has 0 saturated heterocycles. The second kappa shape index (κ2) is 7.91. The van der Waals surface area contributed by atoms with E-state index in [9.17, 15) is 9.18 Å². The van der Waals surface area contributed by atoms with Gasteiger partial charge in [-0.25, -0.2) is 4.39 Å². The Morgan fingerprint density at radius 3 is 2.48 bits per heavy atom. The first-order valence-corrected chi connectivity index (χ1v) is 8.70. The molecule has 128 valence electrons. The van der Waals surface area contributed by atoms with Crippen LogP contribution in [0.25, 0.3) is 0 Å². The van der Waals surface area contributed by atoms with Crippen LogP contribution in [0, 0.1) is 17.7 Å². The molecule has 0 radical (unpaired) electrons. The average molecular weight is 320 g/mol. The van der Waals surface area contributed by atoms with E-state index in [4.69, 9.17) is 0 Å². The molecular formula is C19H29FN2O. The minimum absolute atomic E-state index is 0.00717. The van der Waals surface area contributed by atoms with Crippen LogP contribution >= 0.6 is 0 Å². The molecule has 1 aromatic rings. The van der Waals surface area contributed by atoms with E-state index < -0.39 is 0 Å². The summed E-state index contributed by atoms with van der Waals surface area (Å²) in [6.07, 6.45) is 3.64. The minimum Gasteiger partial charge on any atom is -0.348 e. The third-order valence-corrected chi connectivity index (χ3v) is 5.29. The van der Waals surface area contributed by atoms with Crippen molar-refractivity contribution in [1.29, 1.82) is 0 Å². The van der Waals surface area contributed by atoms with Crippen LogP contribution in [0.4, 0.5) is 4.39 Å². The summed E-state index contributed by atoms with van der Waals surface area (Å²) in [5, 5.41) is 6.50. The van der Waals surface area contributed by atoms with Gasteiger partial charge in [0.2, 0.25) is 5.91 Å². The predicted molar refractivity (Wildman–Crippen MR) is 91.5 cm³/mol. The Kier molecular flexibility index (Phi) is 6.17. The lowest BCUT2D eigenvalue weighted by Crippen LogP contribution is -2.51. The summed E-state index contributed by atoms with van der Waals surface area (Å²) in [6.45, 7) is 8.40. The lowest BCUT2D eigenvalue weighted by Gasteiger charge is -2.36. The first-order chi connectivity index (χ1) is 10.9. The highest BCUT2D eigenvalue weighted by Gasteiger charge is 2.29. The molecule has 1 aliphatic carbocycles. The second-order valence-corrected chi connectivity index (χ2v) is 7.04. The topological polar surface area (TPSA) is 41.1 Å². The maximum absolute atomic E-state index is 13.0. The van der Waals surface area contributed by atoms with Gasteiger partial charge in [0.1, 0.15) is 5.82 Å². The molecule has 23 heavy (non-hydrogen) atoms. The van der Waals surface area contributed by atoms with E-state index in [2.05, 4.69) is 24.5 Å². The Balaban J connectivity index is 1.88. The maximum atomic E-state index is 13.0. The van der Waals surface area contributed by atoms with Crippen molar-refractivity contribution in [1.82, 2.24) is 10.6 Å². The molecule has 1 fully saturated rings. The van der Waals surface area contributed by atoms with E-state index in [0.717, 1.165) is 12.0 Å². The highest BCUT2D eigenvalue weighted by atomic mass is 19.1. The summed E-state index contributed by atoms with van der Waals surface area (Å²) in [4.78, 5) is 12.4. The Bertz CT molecular complexity index is 517. The zero-order valence-electron chi connectivity index (χ0n) is 14.6.